The largest absolute Gasteiger partial charge is 0.478 e. The van der Waals surface area contributed by atoms with Crippen LogP contribution in [0.15, 0.2) is 61.2 Å². The number of rotatable bonds is 5. The second-order valence-electron chi connectivity index (χ2n) is 4.37. The third-order valence-electron chi connectivity index (χ3n) is 2.86. The van der Waals surface area contributed by atoms with E-state index >= 15 is 0 Å². The molecule has 2 aromatic carbocycles. The molecular formula is C17H15ClO4. The quantitative estimate of drug-likeness (QED) is 0.515. The van der Waals surface area contributed by atoms with Crippen molar-refractivity contribution in [2.75, 3.05) is 0 Å². The van der Waals surface area contributed by atoms with Crippen molar-refractivity contribution in [1.82, 2.24) is 0 Å². The molecule has 5 heteroatoms. The second-order valence-corrected chi connectivity index (χ2v) is 4.37. The smallest absolute Gasteiger partial charge is 0.335 e. The first kappa shape index (κ1) is 17.5. The molecule has 0 spiro atoms. The number of halogens is 1. The van der Waals surface area contributed by atoms with Crippen molar-refractivity contribution in [3.63, 3.8) is 0 Å². The molecule has 0 amide bonds. The highest BCUT2D eigenvalue weighted by Crippen LogP contribution is 2.23. The van der Waals surface area contributed by atoms with Crippen LogP contribution in [0.4, 0.5) is 0 Å². The summed E-state index contributed by atoms with van der Waals surface area (Å²) >= 11 is 0. The SMILES string of the molecule is C=CCC(=O)Oc1ccc(-c2ccc(C(=O)O)cc2)cc1.Cl. The highest BCUT2D eigenvalue weighted by atomic mass is 35.5. The van der Waals surface area contributed by atoms with Crippen LogP contribution in [0.3, 0.4) is 0 Å². The lowest BCUT2D eigenvalue weighted by Crippen LogP contribution is -2.05. The molecule has 0 aliphatic heterocycles. The number of carboxylic acids is 1. The predicted molar refractivity (Wildman–Crippen MR) is 86.5 cm³/mol. The summed E-state index contributed by atoms with van der Waals surface area (Å²) in [5.74, 6) is -0.845. The minimum absolute atomic E-state index is 0. The molecule has 2 aromatic rings. The highest BCUT2D eigenvalue weighted by molar-refractivity contribution is 5.88. The van der Waals surface area contributed by atoms with E-state index in [9.17, 15) is 9.59 Å². The van der Waals surface area contributed by atoms with Crippen molar-refractivity contribution in [2.45, 2.75) is 6.42 Å². The summed E-state index contributed by atoms with van der Waals surface area (Å²) in [5.41, 5.74) is 2.05. The van der Waals surface area contributed by atoms with Gasteiger partial charge in [0.05, 0.1) is 12.0 Å². The van der Waals surface area contributed by atoms with Gasteiger partial charge in [0.2, 0.25) is 0 Å². The summed E-state index contributed by atoms with van der Waals surface area (Å²) in [6, 6.07) is 13.6. The molecule has 0 saturated carbocycles. The van der Waals surface area contributed by atoms with E-state index in [2.05, 4.69) is 6.58 Å². The van der Waals surface area contributed by atoms with Crippen LogP contribution >= 0.6 is 12.4 Å². The van der Waals surface area contributed by atoms with E-state index in [4.69, 9.17) is 9.84 Å². The van der Waals surface area contributed by atoms with E-state index in [-0.39, 0.29) is 30.4 Å². The van der Waals surface area contributed by atoms with Crippen LogP contribution in [0, 0.1) is 0 Å². The molecule has 4 nitrogen and oxygen atoms in total. The molecular weight excluding hydrogens is 304 g/mol. The van der Waals surface area contributed by atoms with E-state index in [0.717, 1.165) is 11.1 Å². The van der Waals surface area contributed by atoms with Gasteiger partial charge in [0.25, 0.3) is 0 Å². The van der Waals surface area contributed by atoms with E-state index in [1.54, 1.807) is 36.4 Å². The monoisotopic (exact) mass is 318 g/mol. The maximum Gasteiger partial charge on any atom is 0.335 e. The molecule has 0 bridgehead atoms. The van der Waals surface area contributed by atoms with Crippen molar-refractivity contribution >= 4 is 24.3 Å². The molecule has 2 rings (SSSR count). The third-order valence-corrected chi connectivity index (χ3v) is 2.86. The number of hydrogen-bond acceptors (Lipinski definition) is 3. The fraction of sp³-hybridized carbons (Fsp3) is 0.0588. The summed E-state index contributed by atoms with van der Waals surface area (Å²) in [6.45, 7) is 3.47. The van der Waals surface area contributed by atoms with Gasteiger partial charge in [-0.25, -0.2) is 4.79 Å². The topological polar surface area (TPSA) is 63.6 Å². The van der Waals surface area contributed by atoms with Crippen molar-refractivity contribution in [3.8, 4) is 16.9 Å². The first-order valence-corrected chi connectivity index (χ1v) is 6.35. The molecule has 0 aromatic heterocycles. The summed E-state index contributed by atoms with van der Waals surface area (Å²) in [5, 5.41) is 8.85. The minimum Gasteiger partial charge on any atom is -0.478 e. The lowest BCUT2D eigenvalue weighted by molar-refractivity contribution is -0.133. The highest BCUT2D eigenvalue weighted by Gasteiger charge is 2.05. The lowest BCUT2D eigenvalue weighted by Gasteiger charge is -2.05. The summed E-state index contributed by atoms with van der Waals surface area (Å²) < 4.78 is 5.11. The first-order valence-electron chi connectivity index (χ1n) is 6.35. The molecule has 0 saturated heterocycles. The minimum atomic E-state index is -0.953. The first-order chi connectivity index (χ1) is 10.1. The van der Waals surface area contributed by atoms with E-state index < -0.39 is 5.97 Å². The zero-order chi connectivity index (χ0) is 15.2. The summed E-state index contributed by atoms with van der Waals surface area (Å²) in [6.07, 6.45) is 1.65. The van der Waals surface area contributed by atoms with E-state index in [1.807, 2.05) is 12.1 Å². The third kappa shape index (κ3) is 4.46. The lowest BCUT2D eigenvalue weighted by atomic mass is 10.0. The fourth-order valence-electron chi connectivity index (χ4n) is 1.81. The fourth-order valence-corrected chi connectivity index (χ4v) is 1.81. The van der Waals surface area contributed by atoms with Gasteiger partial charge in [-0.1, -0.05) is 30.3 Å². The number of carboxylic acid groups (broad SMARTS) is 1. The predicted octanol–water partition coefficient (Wildman–Crippen LogP) is 3.96. The number of carbonyl (C=O) groups is 2. The molecule has 114 valence electrons. The molecule has 0 aliphatic rings. The van der Waals surface area contributed by atoms with Crippen LogP contribution in [0.1, 0.15) is 16.8 Å². The Bertz CT molecular complexity index is 660. The Morgan fingerprint density at radius 3 is 1.95 bits per heavy atom. The normalized spacial score (nSPS) is 9.45. The molecule has 22 heavy (non-hydrogen) atoms. The van der Waals surface area contributed by atoms with E-state index in [1.165, 1.54) is 6.08 Å². The number of ether oxygens (including phenoxy) is 1. The molecule has 0 heterocycles. The van der Waals surface area contributed by atoms with Gasteiger partial charge in [-0.3, -0.25) is 4.79 Å². The van der Waals surface area contributed by atoms with Crippen molar-refractivity contribution in [1.29, 1.82) is 0 Å². The molecule has 0 atom stereocenters. The van der Waals surface area contributed by atoms with Crippen LogP contribution < -0.4 is 4.74 Å². The van der Waals surface area contributed by atoms with Gasteiger partial charge in [0.15, 0.2) is 0 Å². The van der Waals surface area contributed by atoms with Gasteiger partial charge in [-0.2, -0.15) is 0 Å². The molecule has 0 fully saturated rings. The number of esters is 1. The summed E-state index contributed by atoms with van der Waals surface area (Å²) in [4.78, 5) is 22.1. The van der Waals surface area contributed by atoms with Crippen LogP contribution in [0.25, 0.3) is 11.1 Å². The molecule has 1 N–H and O–H groups in total. The maximum absolute atomic E-state index is 11.3. The Hall–Kier alpha value is -2.59. The van der Waals surface area contributed by atoms with Gasteiger partial charge in [-0.05, 0) is 35.4 Å². The average Bonchev–Trinajstić information content (AvgIpc) is 2.48. The van der Waals surface area contributed by atoms with Gasteiger partial charge >= 0.3 is 11.9 Å². The van der Waals surface area contributed by atoms with E-state index in [0.29, 0.717) is 5.75 Å². The van der Waals surface area contributed by atoms with Crippen LogP contribution in [0.2, 0.25) is 0 Å². The molecule has 0 radical (unpaired) electrons. The van der Waals surface area contributed by atoms with Gasteiger partial charge in [-0.15, -0.1) is 19.0 Å². The van der Waals surface area contributed by atoms with Crippen molar-refractivity contribution in [3.05, 3.63) is 66.7 Å². The number of benzene rings is 2. The van der Waals surface area contributed by atoms with Crippen LogP contribution in [-0.4, -0.2) is 17.0 Å². The second kappa shape index (κ2) is 8.00. The molecule has 0 unspecified atom stereocenters. The van der Waals surface area contributed by atoms with Gasteiger partial charge in [0, 0.05) is 0 Å². The number of aromatic carboxylic acids is 1. The standard InChI is InChI=1S/C17H14O4.ClH/c1-2-3-16(18)21-15-10-8-13(9-11-15)12-4-6-14(7-5-12)17(19)20;/h2,4-11H,1,3H2,(H,19,20);1H. The van der Waals surface area contributed by atoms with Gasteiger partial charge in [0.1, 0.15) is 5.75 Å². The Morgan fingerprint density at radius 1 is 1.00 bits per heavy atom. The van der Waals surface area contributed by atoms with Crippen LogP contribution in [-0.2, 0) is 4.79 Å². The Morgan fingerprint density at radius 2 is 1.50 bits per heavy atom. The Labute approximate surface area is 134 Å². The Kier molecular flexibility index (Phi) is 6.35. The van der Waals surface area contributed by atoms with Crippen molar-refractivity contribution < 1.29 is 19.4 Å². The number of hydrogen-bond donors (Lipinski definition) is 1. The van der Waals surface area contributed by atoms with Crippen LogP contribution in [0.5, 0.6) is 5.75 Å². The number of carbonyl (C=O) groups excluding carboxylic acids is 1. The Balaban J connectivity index is 0.00000242. The van der Waals surface area contributed by atoms with Gasteiger partial charge < -0.3 is 9.84 Å². The van der Waals surface area contributed by atoms with Crippen molar-refractivity contribution in [2.24, 2.45) is 0 Å². The average molecular weight is 319 g/mol. The summed E-state index contributed by atoms with van der Waals surface area (Å²) in [7, 11) is 0. The maximum atomic E-state index is 11.3. The molecule has 0 aliphatic carbocycles. The zero-order valence-corrected chi connectivity index (χ0v) is 12.5. The zero-order valence-electron chi connectivity index (χ0n) is 11.7.